The Morgan fingerprint density at radius 3 is 2.32 bits per heavy atom. The van der Waals surface area contributed by atoms with Crippen molar-refractivity contribution in [1.82, 2.24) is 0 Å². The molecule has 1 unspecified atom stereocenters. The summed E-state index contributed by atoms with van der Waals surface area (Å²) in [7, 11) is 1.56. The topological polar surface area (TPSA) is 76.1 Å². The molecule has 0 radical (unpaired) electrons. The second-order valence-electron chi connectivity index (χ2n) is 9.71. The van der Waals surface area contributed by atoms with Gasteiger partial charge in [-0.3, -0.25) is 14.5 Å². The maximum absolute atomic E-state index is 13.5. The molecule has 6 heteroatoms. The Bertz CT molecular complexity index is 1540. The number of carbonyl (C=O) groups is 2. The quantitative estimate of drug-likeness (QED) is 0.175. The number of benzene rings is 4. The van der Waals surface area contributed by atoms with E-state index in [1.165, 1.54) is 4.90 Å². The van der Waals surface area contributed by atoms with Gasteiger partial charge in [-0.2, -0.15) is 0 Å². The third-order valence-electron chi connectivity index (χ3n) is 6.58. The molecule has 1 heterocycles. The van der Waals surface area contributed by atoms with Crippen LogP contribution < -0.4 is 14.4 Å². The molecule has 0 saturated carbocycles. The van der Waals surface area contributed by atoms with E-state index in [9.17, 15) is 14.7 Å². The number of rotatable bonds is 7. The molecule has 0 bridgehead atoms. The number of amides is 1. The summed E-state index contributed by atoms with van der Waals surface area (Å²) in [6, 6.07) is 26.6. The summed E-state index contributed by atoms with van der Waals surface area (Å²) in [6.07, 6.45) is 0. The van der Waals surface area contributed by atoms with E-state index in [4.69, 9.17) is 9.47 Å². The highest BCUT2D eigenvalue weighted by molar-refractivity contribution is 6.51. The Kier molecular flexibility index (Phi) is 6.88. The maximum Gasteiger partial charge on any atom is 0.300 e. The van der Waals surface area contributed by atoms with Crippen molar-refractivity contribution in [2.24, 2.45) is 5.92 Å². The highest BCUT2D eigenvalue weighted by atomic mass is 16.5. The van der Waals surface area contributed by atoms with Crippen LogP contribution in [-0.2, 0) is 9.59 Å². The predicted molar refractivity (Wildman–Crippen MR) is 148 cm³/mol. The molecule has 1 saturated heterocycles. The van der Waals surface area contributed by atoms with Gasteiger partial charge in [-0.15, -0.1) is 0 Å². The lowest BCUT2D eigenvalue weighted by Crippen LogP contribution is -2.29. The van der Waals surface area contributed by atoms with Gasteiger partial charge in [0, 0.05) is 11.3 Å². The van der Waals surface area contributed by atoms with Gasteiger partial charge in [0.25, 0.3) is 11.7 Å². The second-order valence-corrected chi connectivity index (χ2v) is 9.71. The number of ether oxygens (including phenoxy) is 2. The number of Topliss-reactive ketones (excluding diaryl/α,β-unsaturated/α-hetero) is 1. The number of aliphatic hydroxyl groups excluding tert-OH is 1. The first-order chi connectivity index (χ1) is 18.4. The van der Waals surface area contributed by atoms with Gasteiger partial charge in [0.2, 0.25) is 0 Å². The third kappa shape index (κ3) is 4.73. The first-order valence-electron chi connectivity index (χ1n) is 12.5. The van der Waals surface area contributed by atoms with Crippen LogP contribution in [-0.4, -0.2) is 30.5 Å². The molecule has 1 aliphatic rings. The fourth-order valence-electron chi connectivity index (χ4n) is 4.68. The summed E-state index contributed by atoms with van der Waals surface area (Å²) in [5.41, 5.74) is 1.66. The summed E-state index contributed by atoms with van der Waals surface area (Å²) in [4.78, 5) is 28.4. The first-order valence-corrected chi connectivity index (χ1v) is 12.5. The summed E-state index contributed by atoms with van der Waals surface area (Å²) >= 11 is 0. The number of nitrogens with zero attached hydrogens (tertiary/aromatic N) is 1. The number of methoxy groups -OCH3 is 1. The number of aliphatic hydroxyl groups is 1. The number of hydrogen-bond donors (Lipinski definition) is 1. The highest BCUT2D eigenvalue weighted by Gasteiger charge is 2.47. The lowest BCUT2D eigenvalue weighted by atomic mass is 9.94. The zero-order valence-corrected chi connectivity index (χ0v) is 21.5. The minimum Gasteiger partial charge on any atom is -0.507 e. The number of hydrogen-bond acceptors (Lipinski definition) is 5. The molecular formula is C32H29NO5. The summed E-state index contributed by atoms with van der Waals surface area (Å²) in [6.45, 7) is 4.70. The van der Waals surface area contributed by atoms with Gasteiger partial charge in [0.1, 0.15) is 17.3 Å². The zero-order valence-electron chi connectivity index (χ0n) is 21.5. The predicted octanol–water partition coefficient (Wildman–Crippen LogP) is 6.51. The molecule has 1 aliphatic heterocycles. The highest BCUT2D eigenvalue weighted by Crippen LogP contribution is 2.43. The van der Waals surface area contributed by atoms with Gasteiger partial charge < -0.3 is 14.6 Å². The fourth-order valence-corrected chi connectivity index (χ4v) is 4.68. The van der Waals surface area contributed by atoms with Crippen LogP contribution in [0.15, 0.2) is 96.6 Å². The molecule has 0 spiro atoms. The minimum absolute atomic E-state index is 0.0265. The molecule has 1 N–H and O–H groups in total. The lowest BCUT2D eigenvalue weighted by molar-refractivity contribution is -0.132. The van der Waals surface area contributed by atoms with Crippen LogP contribution >= 0.6 is 0 Å². The number of anilines is 1. The van der Waals surface area contributed by atoms with Crippen LogP contribution in [0.25, 0.3) is 16.5 Å². The van der Waals surface area contributed by atoms with Crippen LogP contribution in [0.4, 0.5) is 5.69 Å². The summed E-state index contributed by atoms with van der Waals surface area (Å²) < 4.78 is 11.2. The Morgan fingerprint density at radius 2 is 1.61 bits per heavy atom. The second kappa shape index (κ2) is 10.4. The van der Waals surface area contributed by atoms with Gasteiger partial charge in [0.15, 0.2) is 0 Å². The van der Waals surface area contributed by atoms with Crippen molar-refractivity contribution >= 4 is 33.9 Å². The number of ketones is 1. The number of carbonyl (C=O) groups excluding carboxylic acids is 2. The van der Waals surface area contributed by atoms with E-state index in [0.717, 1.165) is 10.8 Å². The van der Waals surface area contributed by atoms with Crippen LogP contribution in [0.2, 0.25) is 0 Å². The van der Waals surface area contributed by atoms with E-state index < -0.39 is 17.7 Å². The Morgan fingerprint density at radius 1 is 0.868 bits per heavy atom. The largest absolute Gasteiger partial charge is 0.507 e. The Hall–Kier alpha value is -4.58. The molecule has 1 amide bonds. The van der Waals surface area contributed by atoms with Crippen LogP contribution in [0.3, 0.4) is 0 Å². The smallest absolute Gasteiger partial charge is 0.300 e. The third-order valence-corrected chi connectivity index (χ3v) is 6.58. The van der Waals surface area contributed by atoms with Gasteiger partial charge in [-0.1, -0.05) is 62.4 Å². The summed E-state index contributed by atoms with van der Waals surface area (Å²) in [5.74, 6) is -0.0547. The minimum atomic E-state index is -0.848. The molecule has 4 aromatic rings. The van der Waals surface area contributed by atoms with E-state index in [0.29, 0.717) is 40.8 Å². The fraction of sp³-hybridized carbons (Fsp3) is 0.188. The molecule has 5 rings (SSSR count). The molecule has 0 aliphatic carbocycles. The first kappa shape index (κ1) is 25.1. The molecule has 0 aromatic heterocycles. The monoisotopic (exact) mass is 507 g/mol. The van der Waals surface area contributed by atoms with E-state index in [1.807, 2.05) is 42.5 Å². The Labute approximate surface area is 221 Å². The van der Waals surface area contributed by atoms with Crippen molar-refractivity contribution in [1.29, 1.82) is 0 Å². The molecule has 4 aromatic carbocycles. The van der Waals surface area contributed by atoms with E-state index in [-0.39, 0.29) is 11.3 Å². The molecule has 38 heavy (non-hydrogen) atoms. The normalized spacial score (nSPS) is 16.8. The van der Waals surface area contributed by atoms with E-state index >= 15 is 0 Å². The van der Waals surface area contributed by atoms with Crippen molar-refractivity contribution in [3.05, 3.63) is 108 Å². The molecule has 1 fully saturated rings. The molecular weight excluding hydrogens is 478 g/mol. The van der Waals surface area contributed by atoms with Crippen LogP contribution in [0.1, 0.15) is 31.0 Å². The summed E-state index contributed by atoms with van der Waals surface area (Å²) in [5, 5.41) is 13.4. The maximum atomic E-state index is 13.5. The van der Waals surface area contributed by atoms with Gasteiger partial charge in [-0.25, -0.2) is 0 Å². The standard InChI is InChI=1S/C32H29NO5/c1-20(2)19-38-26-15-13-25(14-16-26)33-29(23-9-6-10-27(18-23)37-3)28(31(35)32(33)36)30(34)24-12-11-21-7-4-5-8-22(21)17-24/h4-18,20,29,34H,19H2,1-3H3/b30-28-. The molecule has 1 atom stereocenters. The van der Waals surface area contributed by atoms with Crippen molar-refractivity contribution in [2.75, 3.05) is 18.6 Å². The average Bonchev–Trinajstić information content (AvgIpc) is 3.21. The van der Waals surface area contributed by atoms with Crippen molar-refractivity contribution < 1.29 is 24.2 Å². The molecule has 192 valence electrons. The van der Waals surface area contributed by atoms with Crippen LogP contribution in [0, 0.1) is 5.92 Å². The van der Waals surface area contributed by atoms with Crippen molar-refractivity contribution in [2.45, 2.75) is 19.9 Å². The SMILES string of the molecule is COc1cccc(C2/C(=C(/O)c3ccc4ccccc4c3)C(=O)C(=O)N2c2ccc(OCC(C)C)cc2)c1. The average molecular weight is 508 g/mol. The van der Waals surface area contributed by atoms with Gasteiger partial charge in [-0.05, 0) is 64.7 Å². The van der Waals surface area contributed by atoms with Crippen molar-refractivity contribution in [3.63, 3.8) is 0 Å². The van der Waals surface area contributed by atoms with Crippen molar-refractivity contribution in [3.8, 4) is 11.5 Å². The lowest BCUT2D eigenvalue weighted by Gasteiger charge is -2.26. The Balaban J connectivity index is 1.64. The zero-order chi connectivity index (χ0) is 26.8. The number of fused-ring (bicyclic) bond motifs is 1. The van der Waals surface area contributed by atoms with Gasteiger partial charge >= 0.3 is 0 Å². The van der Waals surface area contributed by atoms with Crippen LogP contribution in [0.5, 0.6) is 11.5 Å². The van der Waals surface area contributed by atoms with E-state index in [2.05, 4.69) is 13.8 Å². The molecule has 6 nitrogen and oxygen atoms in total. The van der Waals surface area contributed by atoms with Gasteiger partial charge in [0.05, 0.1) is 25.3 Å². The van der Waals surface area contributed by atoms with E-state index in [1.54, 1.807) is 55.6 Å².